The summed E-state index contributed by atoms with van der Waals surface area (Å²) in [6.45, 7) is 4.62. The van der Waals surface area contributed by atoms with E-state index in [0.717, 1.165) is 31.6 Å². The summed E-state index contributed by atoms with van der Waals surface area (Å²) < 4.78 is 0. The quantitative estimate of drug-likeness (QED) is 0.698. The van der Waals surface area contributed by atoms with Gasteiger partial charge in [0, 0.05) is 25.2 Å². The second kappa shape index (κ2) is 7.20. The first-order chi connectivity index (χ1) is 7.27. The van der Waals surface area contributed by atoms with Gasteiger partial charge in [-0.2, -0.15) is 0 Å². The van der Waals surface area contributed by atoms with Crippen LogP contribution in [0.2, 0.25) is 0 Å². The van der Waals surface area contributed by atoms with E-state index in [-0.39, 0.29) is 0 Å². The van der Waals surface area contributed by atoms with Gasteiger partial charge >= 0.3 is 0 Å². The van der Waals surface area contributed by atoms with E-state index >= 15 is 0 Å². The fraction of sp³-hybridized carbons (Fsp3) is 1.00. The maximum atomic E-state index is 8.79. The summed E-state index contributed by atoms with van der Waals surface area (Å²) in [5, 5.41) is 12.3. The lowest BCUT2D eigenvalue weighted by Gasteiger charge is -2.34. The molecule has 1 fully saturated rings. The molecule has 0 unspecified atom stereocenters. The molecule has 1 saturated carbocycles. The molecule has 0 spiro atoms. The summed E-state index contributed by atoms with van der Waals surface area (Å²) in [7, 11) is 2.19. The highest BCUT2D eigenvalue weighted by Gasteiger charge is 2.22. The Morgan fingerprint density at radius 2 is 1.93 bits per heavy atom. The molecule has 0 aromatic heterocycles. The predicted octanol–water partition coefficient (Wildman–Crippen LogP) is 1.22. The van der Waals surface area contributed by atoms with Crippen molar-refractivity contribution in [1.29, 1.82) is 0 Å². The Balaban J connectivity index is 2.18. The SMILES string of the molecule is CCNC1CCC(N(C)CCCO)CC1. The van der Waals surface area contributed by atoms with Crippen LogP contribution in [0.1, 0.15) is 39.0 Å². The molecule has 90 valence electrons. The lowest BCUT2D eigenvalue weighted by Crippen LogP contribution is -2.41. The molecular weight excluding hydrogens is 188 g/mol. The van der Waals surface area contributed by atoms with E-state index in [1.807, 2.05) is 0 Å². The minimum Gasteiger partial charge on any atom is -0.396 e. The van der Waals surface area contributed by atoms with Crippen LogP contribution in [0.15, 0.2) is 0 Å². The fourth-order valence-corrected chi connectivity index (χ4v) is 2.51. The van der Waals surface area contributed by atoms with Crippen molar-refractivity contribution in [2.24, 2.45) is 0 Å². The highest BCUT2D eigenvalue weighted by Crippen LogP contribution is 2.22. The first kappa shape index (κ1) is 12.9. The highest BCUT2D eigenvalue weighted by molar-refractivity contribution is 4.81. The van der Waals surface area contributed by atoms with Crippen LogP contribution >= 0.6 is 0 Å². The van der Waals surface area contributed by atoms with Crippen molar-refractivity contribution < 1.29 is 5.11 Å². The smallest absolute Gasteiger partial charge is 0.0443 e. The van der Waals surface area contributed by atoms with Crippen molar-refractivity contribution >= 4 is 0 Å². The molecule has 0 heterocycles. The predicted molar refractivity (Wildman–Crippen MR) is 64.1 cm³/mol. The molecule has 3 heteroatoms. The zero-order chi connectivity index (χ0) is 11.1. The van der Waals surface area contributed by atoms with Gasteiger partial charge in [0.05, 0.1) is 0 Å². The molecule has 1 rings (SSSR count). The van der Waals surface area contributed by atoms with Gasteiger partial charge < -0.3 is 15.3 Å². The van der Waals surface area contributed by atoms with Crippen molar-refractivity contribution in [1.82, 2.24) is 10.2 Å². The molecule has 0 bridgehead atoms. The normalized spacial score (nSPS) is 27.2. The zero-order valence-electron chi connectivity index (χ0n) is 10.2. The Hall–Kier alpha value is -0.120. The number of rotatable bonds is 6. The third-order valence-corrected chi connectivity index (χ3v) is 3.48. The average Bonchev–Trinajstić information content (AvgIpc) is 2.27. The van der Waals surface area contributed by atoms with Crippen LogP contribution in [-0.2, 0) is 0 Å². The van der Waals surface area contributed by atoms with Crippen LogP contribution < -0.4 is 5.32 Å². The highest BCUT2D eigenvalue weighted by atomic mass is 16.3. The van der Waals surface area contributed by atoms with E-state index in [1.165, 1.54) is 25.7 Å². The summed E-state index contributed by atoms with van der Waals surface area (Å²) in [5.41, 5.74) is 0. The van der Waals surface area contributed by atoms with Crippen molar-refractivity contribution in [3.8, 4) is 0 Å². The Kier molecular flexibility index (Phi) is 6.22. The number of nitrogens with zero attached hydrogens (tertiary/aromatic N) is 1. The largest absolute Gasteiger partial charge is 0.396 e. The third kappa shape index (κ3) is 4.49. The summed E-state index contributed by atoms with van der Waals surface area (Å²) in [4.78, 5) is 2.42. The lowest BCUT2D eigenvalue weighted by atomic mass is 9.90. The van der Waals surface area contributed by atoms with E-state index in [9.17, 15) is 0 Å². The van der Waals surface area contributed by atoms with Crippen LogP contribution in [0, 0.1) is 0 Å². The number of hydrogen-bond donors (Lipinski definition) is 2. The van der Waals surface area contributed by atoms with Gasteiger partial charge in [0.25, 0.3) is 0 Å². The Labute approximate surface area is 93.9 Å². The van der Waals surface area contributed by atoms with Crippen molar-refractivity contribution in [3.63, 3.8) is 0 Å². The van der Waals surface area contributed by atoms with Crippen LogP contribution in [0.4, 0.5) is 0 Å². The summed E-state index contributed by atoms with van der Waals surface area (Å²) in [6, 6.07) is 1.49. The molecule has 0 atom stereocenters. The van der Waals surface area contributed by atoms with Gasteiger partial charge in [0.2, 0.25) is 0 Å². The number of hydrogen-bond acceptors (Lipinski definition) is 3. The Bertz CT molecular complexity index is 156. The van der Waals surface area contributed by atoms with Crippen molar-refractivity contribution in [3.05, 3.63) is 0 Å². The summed E-state index contributed by atoms with van der Waals surface area (Å²) in [5.74, 6) is 0. The molecule has 0 aromatic carbocycles. The standard InChI is InChI=1S/C12H26N2O/c1-3-13-11-5-7-12(8-6-11)14(2)9-4-10-15/h11-13,15H,3-10H2,1-2H3. The topological polar surface area (TPSA) is 35.5 Å². The van der Waals surface area contributed by atoms with Crippen LogP contribution in [0.25, 0.3) is 0 Å². The summed E-state index contributed by atoms with van der Waals surface area (Å²) >= 11 is 0. The second-order valence-electron chi connectivity index (χ2n) is 4.62. The molecule has 0 radical (unpaired) electrons. The minimum atomic E-state index is 0.317. The van der Waals surface area contributed by atoms with E-state index in [4.69, 9.17) is 5.11 Å². The fourth-order valence-electron chi connectivity index (χ4n) is 2.51. The monoisotopic (exact) mass is 214 g/mol. The van der Waals surface area contributed by atoms with E-state index in [0.29, 0.717) is 6.61 Å². The van der Waals surface area contributed by atoms with Gasteiger partial charge in [0.15, 0.2) is 0 Å². The van der Waals surface area contributed by atoms with E-state index < -0.39 is 0 Å². The Morgan fingerprint density at radius 1 is 1.27 bits per heavy atom. The van der Waals surface area contributed by atoms with Gasteiger partial charge in [-0.25, -0.2) is 0 Å². The van der Waals surface area contributed by atoms with Gasteiger partial charge in [-0.15, -0.1) is 0 Å². The molecule has 1 aliphatic carbocycles. The first-order valence-electron chi connectivity index (χ1n) is 6.32. The lowest BCUT2D eigenvalue weighted by molar-refractivity contribution is 0.160. The minimum absolute atomic E-state index is 0.317. The molecule has 0 aliphatic heterocycles. The first-order valence-corrected chi connectivity index (χ1v) is 6.32. The van der Waals surface area contributed by atoms with Gasteiger partial charge in [-0.05, 0) is 45.7 Å². The molecule has 15 heavy (non-hydrogen) atoms. The number of aliphatic hydroxyl groups excluding tert-OH is 1. The second-order valence-corrected chi connectivity index (χ2v) is 4.62. The van der Waals surface area contributed by atoms with Crippen molar-refractivity contribution in [2.75, 3.05) is 26.7 Å². The van der Waals surface area contributed by atoms with Gasteiger partial charge in [-0.1, -0.05) is 6.92 Å². The van der Waals surface area contributed by atoms with E-state index in [1.54, 1.807) is 0 Å². The number of nitrogens with one attached hydrogen (secondary N) is 1. The maximum Gasteiger partial charge on any atom is 0.0443 e. The molecule has 3 nitrogen and oxygen atoms in total. The molecule has 0 aromatic rings. The zero-order valence-corrected chi connectivity index (χ0v) is 10.2. The summed E-state index contributed by atoms with van der Waals surface area (Å²) in [6.07, 6.45) is 6.13. The maximum absolute atomic E-state index is 8.79. The number of aliphatic hydroxyl groups is 1. The van der Waals surface area contributed by atoms with Gasteiger partial charge in [-0.3, -0.25) is 0 Å². The average molecular weight is 214 g/mol. The third-order valence-electron chi connectivity index (χ3n) is 3.48. The Morgan fingerprint density at radius 3 is 2.47 bits per heavy atom. The van der Waals surface area contributed by atoms with Crippen LogP contribution in [0.3, 0.4) is 0 Å². The molecule has 2 N–H and O–H groups in total. The van der Waals surface area contributed by atoms with E-state index in [2.05, 4.69) is 24.2 Å². The molecule has 1 aliphatic rings. The molecule has 0 amide bonds. The molecular formula is C12H26N2O. The van der Waals surface area contributed by atoms with Crippen LogP contribution in [-0.4, -0.2) is 48.8 Å². The molecule has 0 saturated heterocycles. The van der Waals surface area contributed by atoms with Gasteiger partial charge in [0.1, 0.15) is 0 Å². The van der Waals surface area contributed by atoms with Crippen LogP contribution in [0.5, 0.6) is 0 Å². The van der Waals surface area contributed by atoms with Crippen molar-refractivity contribution in [2.45, 2.75) is 51.1 Å².